The van der Waals surface area contributed by atoms with Crippen molar-refractivity contribution in [3.8, 4) is 0 Å². The van der Waals surface area contributed by atoms with E-state index in [-0.39, 0.29) is 18.7 Å². The van der Waals surface area contributed by atoms with E-state index in [9.17, 15) is 18.0 Å². The lowest BCUT2D eigenvalue weighted by molar-refractivity contribution is -0.138. The summed E-state index contributed by atoms with van der Waals surface area (Å²) in [6, 6.07) is 4.78. The number of hydrogen-bond donors (Lipinski definition) is 0. The van der Waals surface area contributed by atoms with Gasteiger partial charge in [0.2, 0.25) is 21.8 Å². The van der Waals surface area contributed by atoms with Gasteiger partial charge >= 0.3 is 0 Å². The Labute approximate surface area is 141 Å². The van der Waals surface area contributed by atoms with Crippen molar-refractivity contribution in [2.24, 2.45) is 0 Å². The fourth-order valence-corrected chi connectivity index (χ4v) is 4.33. The number of carbonyl (C=O) groups excluding carboxylic acids is 2. The third-order valence-electron chi connectivity index (χ3n) is 4.37. The van der Waals surface area contributed by atoms with Crippen molar-refractivity contribution in [2.75, 3.05) is 37.3 Å². The average Bonchev–Trinajstić information content (AvgIpc) is 2.97. The maximum absolute atomic E-state index is 12.7. The van der Waals surface area contributed by atoms with Crippen LogP contribution in [0.4, 0.5) is 5.82 Å². The number of rotatable bonds is 3. The molecule has 130 valence electrons. The van der Waals surface area contributed by atoms with Gasteiger partial charge in [-0.1, -0.05) is 6.07 Å². The largest absolute Gasteiger partial charge is 0.353 e. The van der Waals surface area contributed by atoms with E-state index in [4.69, 9.17) is 0 Å². The SMILES string of the molecule is CS(=O)(=O)N1C(=O)CCC1C(=O)N1CCN(c2ccccn2)CC1. The van der Waals surface area contributed by atoms with Crippen LogP contribution in [0.3, 0.4) is 0 Å². The van der Waals surface area contributed by atoms with Crippen molar-refractivity contribution >= 4 is 27.7 Å². The maximum atomic E-state index is 12.7. The third kappa shape index (κ3) is 3.21. The molecule has 1 atom stereocenters. The molecule has 2 fully saturated rings. The summed E-state index contributed by atoms with van der Waals surface area (Å²) in [7, 11) is -3.72. The molecule has 0 spiro atoms. The molecule has 3 heterocycles. The van der Waals surface area contributed by atoms with Crippen LogP contribution < -0.4 is 4.90 Å². The van der Waals surface area contributed by atoms with Gasteiger partial charge in [-0.2, -0.15) is 0 Å². The fraction of sp³-hybridized carbons (Fsp3) is 0.533. The van der Waals surface area contributed by atoms with Crippen LogP contribution in [0.1, 0.15) is 12.8 Å². The molecule has 0 saturated carbocycles. The van der Waals surface area contributed by atoms with E-state index >= 15 is 0 Å². The lowest BCUT2D eigenvalue weighted by atomic mass is 10.2. The van der Waals surface area contributed by atoms with Crippen molar-refractivity contribution in [2.45, 2.75) is 18.9 Å². The fourth-order valence-electron chi connectivity index (χ4n) is 3.21. The number of pyridine rings is 1. The first-order valence-electron chi connectivity index (χ1n) is 7.85. The number of amides is 2. The van der Waals surface area contributed by atoms with Gasteiger partial charge in [0.05, 0.1) is 6.26 Å². The summed E-state index contributed by atoms with van der Waals surface area (Å²) in [4.78, 5) is 32.5. The quantitative estimate of drug-likeness (QED) is 0.741. The van der Waals surface area contributed by atoms with Crippen molar-refractivity contribution in [1.29, 1.82) is 0 Å². The minimum absolute atomic E-state index is 0.0946. The number of piperazine rings is 1. The highest BCUT2D eigenvalue weighted by atomic mass is 32.2. The lowest BCUT2D eigenvalue weighted by Crippen LogP contribution is -2.55. The van der Waals surface area contributed by atoms with Gasteiger partial charge < -0.3 is 9.80 Å². The predicted molar refractivity (Wildman–Crippen MR) is 87.7 cm³/mol. The summed E-state index contributed by atoms with van der Waals surface area (Å²) in [6.45, 7) is 2.22. The molecule has 3 rings (SSSR count). The van der Waals surface area contributed by atoms with Crippen molar-refractivity contribution in [1.82, 2.24) is 14.2 Å². The summed E-state index contributed by atoms with van der Waals surface area (Å²) in [6.07, 6.45) is 3.04. The number of aromatic nitrogens is 1. The normalized spacial score (nSPS) is 22.1. The van der Waals surface area contributed by atoms with E-state index in [2.05, 4.69) is 9.88 Å². The molecule has 1 unspecified atom stereocenters. The molecule has 9 heteroatoms. The third-order valence-corrected chi connectivity index (χ3v) is 5.54. The first-order valence-corrected chi connectivity index (χ1v) is 9.70. The van der Waals surface area contributed by atoms with Crippen LogP contribution in [0.2, 0.25) is 0 Å². The minimum atomic E-state index is -3.72. The second kappa shape index (κ2) is 6.39. The van der Waals surface area contributed by atoms with Gasteiger partial charge in [-0.15, -0.1) is 0 Å². The molecule has 8 nitrogen and oxygen atoms in total. The predicted octanol–water partition coefficient (Wildman–Crippen LogP) is -0.319. The Morgan fingerprint density at radius 2 is 1.92 bits per heavy atom. The van der Waals surface area contributed by atoms with E-state index in [0.717, 1.165) is 16.4 Å². The van der Waals surface area contributed by atoms with Gasteiger partial charge in [-0.3, -0.25) is 9.59 Å². The first kappa shape index (κ1) is 16.7. The van der Waals surface area contributed by atoms with Crippen LogP contribution in [-0.4, -0.2) is 72.9 Å². The van der Waals surface area contributed by atoms with Gasteiger partial charge in [0.15, 0.2) is 0 Å². The van der Waals surface area contributed by atoms with Crippen molar-refractivity contribution in [3.05, 3.63) is 24.4 Å². The number of anilines is 1. The molecule has 2 saturated heterocycles. The van der Waals surface area contributed by atoms with Crippen molar-refractivity contribution in [3.63, 3.8) is 0 Å². The van der Waals surface area contributed by atoms with Crippen LogP contribution in [0.25, 0.3) is 0 Å². The van der Waals surface area contributed by atoms with Crippen molar-refractivity contribution < 1.29 is 18.0 Å². The van der Waals surface area contributed by atoms with E-state index in [1.54, 1.807) is 11.1 Å². The molecular weight excluding hydrogens is 332 g/mol. The summed E-state index contributed by atoms with van der Waals surface area (Å²) < 4.78 is 24.3. The Hall–Kier alpha value is -2.16. The van der Waals surface area contributed by atoms with Gasteiger partial charge in [-0.05, 0) is 18.6 Å². The number of hydrogen-bond acceptors (Lipinski definition) is 6. The smallest absolute Gasteiger partial charge is 0.246 e. The van der Waals surface area contributed by atoms with E-state index in [1.165, 1.54) is 0 Å². The zero-order valence-corrected chi connectivity index (χ0v) is 14.3. The highest BCUT2D eigenvalue weighted by Gasteiger charge is 2.43. The Balaban J connectivity index is 1.66. The molecular formula is C15H20N4O4S. The Bertz CT molecular complexity index is 729. The zero-order chi connectivity index (χ0) is 17.3. The zero-order valence-electron chi connectivity index (χ0n) is 13.5. The first-order chi connectivity index (χ1) is 11.4. The Morgan fingerprint density at radius 1 is 1.21 bits per heavy atom. The lowest BCUT2D eigenvalue weighted by Gasteiger charge is -2.37. The molecule has 2 aliphatic heterocycles. The second-order valence-corrected chi connectivity index (χ2v) is 7.87. The molecule has 0 aliphatic carbocycles. The highest BCUT2D eigenvalue weighted by molar-refractivity contribution is 7.89. The average molecular weight is 352 g/mol. The van der Waals surface area contributed by atoms with Crippen LogP contribution in [0, 0.1) is 0 Å². The molecule has 0 radical (unpaired) electrons. The standard InChI is InChI=1S/C15H20N4O4S/c1-24(22,23)19-12(5-6-14(19)20)15(21)18-10-8-17(9-11-18)13-4-2-3-7-16-13/h2-4,7,12H,5-6,8-11H2,1H3. The molecule has 2 amide bonds. The number of carbonyl (C=O) groups is 2. The number of sulfonamides is 1. The second-order valence-electron chi connectivity index (χ2n) is 6.01. The van der Waals surface area contributed by atoms with Crippen LogP contribution >= 0.6 is 0 Å². The summed E-state index contributed by atoms with van der Waals surface area (Å²) in [5.41, 5.74) is 0. The molecule has 0 N–H and O–H groups in total. The monoisotopic (exact) mass is 352 g/mol. The van der Waals surface area contributed by atoms with E-state index in [1.807, 2.05) is 18.2 Å². The maximum Gasteiger partial charge on any atom is 0.246 e. The molecule has 2 aliphatic rings. The van der Waals surface area contributed by atoms with Gasteiger partial charge in [0.25, 0.3) is 0 Å². The summed E-state index contributed by atoms with van der Waals surface area (Å²) in [5, 5.41) is 0. The summed E-state index contributed by atoms with van der Waals surface area (Å²) in [5.74, 6) is 0.0772. The molecule has 1 aromatic rings. The van der Waals surface area contributed by atoms with Crippen LogP contribution in [-0.2, 0) is 19.6 Å². The van der Waals surface area contributed by atoms with E-state index in [0.29, 0.717) is 26.2 Å². The summed E-state index contributed by atoms with van der Waals surface area (Å²) >= 11 is 0. The van der Waals surface area contributed by atoms with Gasteiger partial charge in [0.1, 0.15) is 11.9 Å². The molecule has 0 bridgehead atoms. The molecule has 24 heavy (non-hydrogen) atoms. The molecule has 0 aromatic carbocycles. The van der Waals surface area contributed by atoms with Crippen LogP contribution in [0.5, 0.6) is 0 Å². The van der Waals surface area contributed by atoms with Gasteiger partial charge in [0, 0.05) is 38.8 Å². The molecule has 1 aromatic heterocycles. The van der Waals surface area contributed by atoms with Crippen LogP contribution in [0.15, 0.2) is 24.4 Å². The topological polar surface area (TPSA) is 90.9 Å². The highest BCUT2D eigenvalue weighted by Crippen LogP contribution is 2.24. The minimum Gasteiger partial charge on any atom is -0.353 e. The number of nitrogens with zero attached hydrogens (tertiary/aromatic N) is 4. The Kier molecular flexibility index (Phi) is 4.44. The van der Waals surface area contributed by atoms with Gasteiger partial charge in [-0.25, -0.2) is 17.7 Å². The Morgan fingerprint density at radius 3 is 2.50 bits per heavy atom. The van der Waals surface area contributed by atoms with E-state index < -0.39 is 22.0 Å².